The minimum Gasteiger partial charge on any atom is -0.379 e. The minimum atomic E-state index is -4.25. The van der Waals surface area contributed by atoms with Gasteiger partial charge in [0, 0.05) is 59.5 Å². The minimum absolute atomic E-state index is 0.0511. The van der Waals surface area contributed by atoms with Crippen LogP contribution >= 0.6 is 11.8 Å². The van der Waals surface area contributed by atoms with Gasteiger partial charge in [0.1, 0.15) is 5.69 Å². The van der Waals surface area contributed by atoms with Gasteiger partial charge in [0.05, 0.1) is 4.90 Å². The van der Waals surface area contributed by atoms with Crippen molar-refractivity contribution in [1.82, 2.24) is 20.2 Å². The van der Waals surface area contributed by atoms with Crippen molar-refractivity contribution in [3.63, 3.8) is 0 Å². The molecule has 3 aromatic rings. The molecule has 1 amide bonds. The Labute approximate surface area is 213 Å². The molecule has 36 heavy (non-hydrogen) atoms. The highest BCUT2D eigenvalue weighted by Crippen LogP contribution is 2.23. The highest BCUT2D eigenvalue weighted by atomic mass is 32.2. The normalized spacial score (nSPS) is 13.7. The van der Waals surface area contributed by atoms with Crippen molar-refractivity contribution in [2.45, 2.75) is 9.79 Å². The van der Waals surface area contributed by atoms with E-state index in [1.54, 1.807) is 23.0 Å². The quantitative estimate of drug-likeness (QED) is 0.219. The predicted molar refractivity (Wildman–Crippen MR) is 138 cm³/mol. The Morgan fingerprint density at radius 2 is 1.83 bits per heavy atom. The van der Waals surface area contributed by atoms with Crippen LogP contribution in [0.5, 0.6) is 0 Å². The summed E-state index contributed by atoms with van der Waals surface area (Å²) in [4.78, 5) is 26.9. The Balaban J connectivity index is 1.37. The van der Waals surface area contributed by atoms with Crippen LogP contribution in [0.3, 0.4) is 0 Å². The van der Waals surface area contributed by atoms with E-state index in [0.717, 1.165) is 36.8 Å². The number of anilines is 2. The predicted octanol–water partition coefficient (Wildman–Crippen LogP) is 0.688. The van der Waals surface area contributed by atoms with Gasteiger partial charge >= 0.3 is 0 Å². The largest absolute Gasteiger partial charge is 0.379 e. The summed E-state index contributed by atoms with van der Waals surface area (Å²) in [5, 5.41) is 16.0. The summed E-state index contributed by atoms with van der Waals surface area (Å²) in [6.07, 6.45) is 0. The molecule has 13 heteroatoms. The van der Waals surface area contributed by atoms with Crippen molar-refractivity contribution in [2.24, 2.45) is 0 Å². The number of piperazine rings is 1. The second kappa shape index (κ2) is 11.9. The number of nitrogens with one attached hydrogen (secondary N) is 4. The van der Waals surface area contributed by atoms with Crippen LogP contribution in [0.4, 0.5) is 17.2 Å². The van der Waals surface area contributed by atoms with E-state index in [1.165, 1.54) is 24.3 Å². The van der Waals surface area contributed by atoms with Gasteiger partial charge in [0.25, 0.3) is 21.6 Å². The van der Waals surface area contributed by atoms with Crippen LogP contribution in [0.15, 0.2) is 70.5 Å². The number of sulfonamides is 1. The Morgan fingerprint density at radius 3 is 2.53 bits per heavy atom. The molecule has 1 aliphatic heterocycles. The van der Waals surface area contributed by atoms with Crippen molar-refractivity contribution in [1.29, 1.82) is 0 Å². The highest BCUT2D eigenvalue weighted by molar-refractivity contribution is 7.99. The fourth-order valence-corrected chi connectivity index (χ4v) is 5.32. The smallest absolute Gasteiger partial charge is 0.285 e. The number of amides is 1. The molecule has 0 saturated carbocycles. The third-order valence-corrected chi connectivity index (χ3v) is 7.73. The van der Waals surface area contributed by atoms with Crippen molar-refractivity contribution >= 4 is 44.9 Å². The molecule has 11 nitrogen and oxygen atoms in total. The number of benzene rings is 2. The van der Waals surface area contributed by atoms with E-state index >= 15 is 0 Å². The number of rotatable bonds is 10. The zero-order valence-electron chi connectivity index (χ0n) is 19.3. The molecule has 0 aliphatic carbocycles. The maximum absolute atomic E-state index is 12.8. The van der Waals surface area contributed by atoms with Crippen LogP contribution in [0.1, 0.15) is 10.5 Å². The van der Waals surface area contributed by atoms with Crippen LogP contribution < -0.4 is 25.4 Å². The molecule has 2 heterocycles. The third-order valence-electron chi connectivity index (χ3n) is 5.39. The van der Waals surface area contributed by atoms with Gasteiger partial charge in [0.2, 0.25) is 0 Å². The first-order valence-electron chi connectivity index (χ1n) is 11.3. The number of hydrogen-bond donors (Lipinski definition) is 4. The Bertz CT molecular complexity index is 1300. The van der Waals surface area contributed by atoms with Gasteiger partial charge in [0.15, 0.2) is 11.5 Å². The first-order chi connectivity index (χ1) is 17.5. The topological polar surface area (TPSA) is 147 Å². The van der Waals surface area contributed by atoms with Crippen molar-refractivity contribution < 1.29 is 18.4 Å². The maximum Gasteiger partial charge on any atom is 0.285 e. The molecule has 1 fully saturated rings. The lowest BCUT2D eigenvalue weighted by Gasteiger charge is -2.27. The van der Waals surface area contributed by atoms with Crippen LogP contribution in [0.25, 0.3) is 0 Å². The molecule has 1 saturated heterocycles. The van der Waals surface area contributed by atoms with E-state index in [0.29, 0.717) is 18.1 Å². The average molecular weight is 529 g/mol. The lowest BCUT2D eigenvalue weighted by molar-refractivity contribution is -0.378. The molecule has 0 spiro atoms. The number of nitrogens with zero attached hydrogens (tertiary/aromatic N) is 3. The fourth-order valence-electron chi connectivity index (χ4n) is 3.54. The van der Waals surface area contributed by atoms with Crippen LogP contribution in [-0.4, -0.2) is 63.0 Å². The standard InChI is InChI=1S/C23H25N7O4S2/c31-23(20-8-9-22(27-26-20)30-13-10-24-11-14-30)29-36(33,34)18-6-7-19(21(16-18)28-32)25-12-15-35-17-4-2-1-3-5-17/h1-9,16,24-25H,10-15H2,(H,29,31)/p+1. The molecule has 1 aromatic heterocycles. The van der Waals surface area contributed by atoms with E-state index in [-0.39, 0.29) is 16.3 Å². The second-order valence-electron chi connectivity index (χ2n) is 7.85. The number of aromatic nitrogens is 2. The molecule has 0 atom stereocenters. The van der Waals surface area contributed by atoms with E-state index in [1.807, 2.05) is 40.0 Å². The zero-order valence-corrected chi connectivity index (χ0v) is 20.9. The molecule has 0 bridgehead atoms. The fraction of sp³-hybridized carbons (Fsp3) is 0.261. The lowest BCUT2D eigenvalue weighted by Crippen LogP contribution is -2.56. The van der Waals surface area contributed by atoms with Gasteiger partial charge in [-0.05, 0) is 36.4 Å². The Morgan fingerprint density at radius 1 is 1.06 bits per heavy atom. The lowest BCUT2D eigenvalue weighted by atomic mass is 10.2. The summed E-state index contributed by atoms with van der Waals surface area (Å²) < 4.78 is 27.5. The van der Waals surface area contributed by atoms with Gasteiger partial charge in [-0.3, -0.25) is 4.79 Å². The molecular weight excluding hydrogens is 502 g/mol. The Hall–Kier alpha value is -3.55. The van der Waals surface area contributed by atoms with Crippen LogP contribution in [-0.2, 0) is 10.0 Å². The van der Waals surface area contributed by atoms with Gasteiger partial charge in [-0.15, -0.1) is 22.0 Å². The van der Waals surface area contributed by atoms with Gasteiger partial charge < -0.3 is 15.5 Å². The van der Waals surface area contributed by atoms with E-state index in [9.17, 15) is 18.1 Å². The average Bonchev–Trinajstić information content (AvgIpc) is 2.92. The summed E-state index contributed by atoms with van der Waals surface area (Å²) in [7, 11) is -4.25. The summed E-state index contributed by atoms with van der Waals surface area (Å²) in [5.41, 5.74) is 0.377. The summed E-state index contributed by atoms with van der Waals surface area (Å²) in [5.74, 6) is 0.450. The van der Waals surface area contributed by atoms with Crippen molar-refractivity contribution in [2.75, 3.05) is 48.7 Å². The Kier molecular flexibility index (Phi) is 8.46. The van der Waals surface area contributed by atoms with Gasteiger partial charge in [-0.25, -0.2) is 13.1 Å². The van der Waals surface area contributed by atoms with E-state index in [2.05, 4.69) is 20.8 Å². The number of hydrogen-bond acceptors (Lipinski definition) is 10. The van der Waals surface area contributed by atoms with Crippen molar-refractivity contribution in [3.05, 3.63) is 71.3 Å². The summed E-state index contributed by atoms with van der Waals surface area (Å²) >= 11 is 1.65. The molecule has 4 N–H and O–H groups in total. The number of carbonyl (C=O) groups excluding carboxylic acids is 1. The number of carbonyl (C=O) groups is 1. The first kappa shape index (κ1) is 25.5. The molecule has 0 unspecified atom stereocenters. The SMILES string of the molecule is O=[NH+]c1cc(S(=O)(=O)NC(=O)c2ccc(N3CCNCC3)nn2)ccc1NCCSc1ccccc1. The van der Waals surface area contributed by atoms with Crippen LogP contribution in [0.2, 0.25) is 0 Å². The highest BCUT2D eigenvalue weighted by Gasteiger charge is 2.23. The van der Waals surface area contributed by atoms with Gasteiger partial charge in [-0.1, -0.05) is 18.2 Å². The van der Waals surface area contributed by atoms with Gasteiger partial charge in [-0.2, -0.15) is 0 Å². The monoisotopic (exact) mass is 528 g/mol. The summed E-state index contributed by atoms with van der Waals surface area (Å²) in [6, 6.07) is 16.9. The molecule has 4 rings (SSSR count). The molecular formula is C23H26N7O4S2+. The second-order valence-corrected chi connectivity index (χ2v) is 10.7. The molecule has 188 valence electrons. The third kappa shape index (κ3) is 6.56. The number of nitroso groups, excluding NO2 is 1. The molecule has 0 radical (unpaired) electrons. The van der Waals surface area contributed by atoms with E-state index < -0.39 is 15.9 Å². The van der Waals surface area contributed by atoms with E-state index in [4.69, 9.17) is 0 Å². The molecule has 1 aliphatic rings. The van der Waals surface area contributed by atoms with Crippen LogP contribution in [0, 0.1) is 4.91 Å². The molecule has 2 aromatic carbocycles. The maximum atomic E-state index is 12.8. The number of thioether (sulfide) groups is 1. The summed E-state index contributed by atoms with van der Waals surface area (Å²) in [6.45, 7) is 3.73. The zero-order chi connectivity index (χ0) is 25.4. The first-order valence-corrected chi connectivity index (χ1v) is 13.7. The van der Waals surface area contributed by atoms with Crippen molar-refractivity contribution in [3.8, 4) is 0 Å².